The van der Waals surface area contributed by atoms with Gasteiger partial charge in [0.1, 0.15) is 6.33 Å². The van der Waals surface area contributed by atoms with Gasteiger partial charge in [-0.05, 0) is 6.07 Å². The Morgan fingerprint density at radius 3 is 2.35 bits per heavy atom. The molecule has 0 aliphatic carbocycles. The summed E-state index contributed by atoms with van der Waals surface area (Å²) in [5, 5.41) is 8.71. The first kappa shape index (κ1) is 11.1. The number of hydrogen-bond acceptors (Lipinski definition) is 4. The van der Waals surface area contributed by atoms with Crippen LogP contribution in [-0.4, -0.2) is 26.0 Å². The van der Waals surface area contributed by atoms with Crippen LogP contribution in [0.3, 0.4) is 0 Å². The molecule has 2 aromatic heterocycles. The average Bonchev–Trinajstić information content (AvgIpc) is 2.28. The van der Waals surface area contributed by atoms with Gasteiger partial charge in [0.25, 0.3) is 0 Å². The molecule has 0 amide bonds. The van der Waals surface area contributed by atoms with E-state index in [4.69, 9.17) is 5.11 Å². The lowest BCUT2D eigenvalue weighted by atomic mass is 10.1. The van der Waals surface area contributed by atoms with Crippen LogP contribution in [0.25, 0.3) is 11.3 Å². The molecule has 2 heterocycles. The van der Waals surface area contributed by atoms with Gasteiger partial charge in [0.2, 0.25) is 11.9 Å². The van der Waals surface area contributed by atoms with Gasteiger partial charge >= 0.3 is 5.97 Å². The van der Waals surface area contributed by atoms with E-state index in [1.165, 1.54) is 0 Å². The predicted molar refractivity (Wildman–Crippen MR) is 52.1 cm³/mol. The Bertz CT molecular complexity index is 569. The summed E-state index contributed by atoms with van der Waals surface area (Å²) in [5.74, 6) is -3.25. The van der Waals surface area contributed by atoms with Crippen molar-refractivity contribution in [2.24, 2.45) is 0 Å². The van der Waals surface area contributed by atoms with Gasteiger partial charge in [-0.1, -0.05) is 0 Å². The minimum Gasteiger partial charge on any atom is -0.477 e. The fraction of sp³-hybridized carbons (Fsp3) is 0. The number of carbonyl (C=O) groups is 1. The molecular formula is C10H5F2N3O2. The van der Waals surface area contributed by atoms with E-state index >= 15 is 0 Å². The van der Waals surface area contributed by atoms with E-state index in [9.17, 15) is 13.6 Å². The van der Waals surface area contributed by atoms with E-state index in [2.05, 4.69) is 15.0 Å². The van der Waals surface area contributed by atoms with Gasteiger partial charge in [0.05, 0.1) is 5.69 Å². The molecule has 1 N–H and O–H groups in total. The van der Waals surface area contributed by atoms with Crippen LogP contribution in [0.1, 0.15) is 10.5 Å². The van der Waals surface area contributed by atoms with Gasteiger partial charge in [0.15, 0.2) is 5.69 Å². The first-order valence-electron chi connectivity index (χ1n) is 4.45. The molecule has 5 nitrogen and oxygen atoms in total. The van der Waals surface area contributed by atoms with Crippen molar-refractivity contribution in [1.29, 1.82) is 0 Å². The number of halogens is 2. The van der Waals surface area contributed by atoms with Crippen molar-refractivity contribution >= 4 is 5.97 Å². The summed E-state index contributed by atoms with van der Waals surface area (Å²) in [7, 11) is 0. The Hall–Kier alpha value is -2.44. The third-order valence-corrected chi connectivity index (χ3v) is 1.94. The number of carboxylic acid groups (broad SMARTS) is 1. The smallest absolute Gasteiger partial charge is 0.354 e. The van der Waals surface area contributed by atoms with E-state index in [0.717, 1.165) is 24.5 Å². The van der Waals surface area contributed by atoms with Crippen molar-refractivity contribution in [3.05, 3.63) is 42.1 Å². The Labute approximate surface area is 93.8 Å². The third kappa shape index (κ3) is 2.39. The fourth-order valence-electron chi connectivity index (χ4n) is 1.24. The van der Waals surface area contributed by atoms with Gasteiger partial charge < -0.3 is 5.11 Å². The van der Waals surface area contributed by atoms with Crippen molar-refractivity contribution in [1.82, 2.24) is 15.0 Å². The largest absolute Gasteiger partial charge is 0.477 e. The highest BCUT2D eigenvalue weighted by atomic mass is 19.1. The zero-order chi connectivity index (χ0) is 12.4. The number of carboxylic acids is 1. The molecule has 0 unspecified atom stereocenters. The molecule has 0 fully saturated rings. The van der Waals surface area contributed by atoms with E-state index in [0.29, 0.717) is 0 Å². The molecule has 0 aliphatic rings. The van der Waals surface area contributed by atoms with Crippen LogP contribution in [0.4, 0.5) is 8.78 Å². The predicted octanol–water partition coefficient (Wildman–Crippen LogP) is 1.51. The Morgan fingerprint density at radius 2 is 1.76 bits per heavy atom. The van der Waals surface area contributed by atoms with Crippen molar-refractivity contribution in [2.45, 2.75) is 0 Å². The molecular weight excluding hydrogens is 232 g/mol. The lowest BCUT2D eigenvalue weighted by molar-refractivity contribution is 0.0690. The van der Waals surface area contributed by atoms with Crippen molar-refractivity contribution in [2.75, 3.05) is 0 Å². The second-order valence-electron chi connectivity index (χ2n) is 3.09. The summed E-state index contributed by atoms with van der Waals surface area (Å²) >= 11 is 0. The number of aromatic nitrogens is 3. The number of nitrogens with zero attached hydrogens (tertiary/aromatic N) is 3. The van der Waals surface area contributed by atoms with Crippen LogP contribution in [0.5, 0.6) is 0 Å². The monoisotopic (exact) mass is 237 g/mol. The molecule has 2 aromatic rings. The van der Waals surface area contributed by atoms with Gasteiger partial charge in [-0.2, -0.15) is 13.8 Å². The van der Waals surface area contributed by atoms with Crippen LogP contribution in [0, 0.1) is 11.9 Å². The molecule has 86 valence electrons. The molecule has 7 heteroatoms. The summed E-state index contributed by atoms with van der Waals surface area (Å²) in [6, 6.07) is 3.03. The highest BCUT2D eigenvalue weighted by molar-refractivity contribution is 5.86. The number of hydrogen-bond donors (Lipinski definition) is 1. The van der Waals surface area contributed by atoms with E-state index in [1.54, 1.807) is 0 Å². The van der Waals surface area contributed by atoms with Gasteiger partial charge in [-0.15, -0.1) is 0 Å². The zero-order valence-electron chi connectivity index (χ0n) is 8.26. The molecule has 0 aliphatic heterocycles. The van der Waals surface area contributed by atoms with Gasteiger partial charge in [-0.3, -0.25) is 0 Å². The molecule has 0 atom stereocenters. The molecule has 0 saturated carbocycles. The molecule has 0 radical (unpaired) electrons. The van der Waals surface area contributed by atoms with Gasteiger partial charge in [0, 0.05) is 17.7 Å². The first-order chi connectivity index (χ1) is 8.06. The molecule has 2 rings (SSSR count). The first-order valence-corrected chi connectivity index (χ1v) is 4.45. The second-order valence-corrected chi connectivity index (χ2v) is 3.09. The van der Waals surface area contributed by atoms with Crippen LogP contribution in [-0.2, 0) is 0 Å². The maximum Gasteiger partial charge on any atom is 0.354 e. The van der Waals surface area contributed by atoms with Crippen molar-refractivity contribution in [3.63, 3.8) is 0 Å². The molecule has 0 spiro atoms. The lowest BCUT2D eigenvalue weighted by Gasteiger charge is -2.01. The lowest BCUT2D eigenvalue weighted by Crippen LogP contribution is -2.01. The Kier molecular flexibility index (Phi) is 2.73. The van der Waals surface area contributed by atoms with Crippen LogP contribution < -0.4 is 0 Å². The van der Waals surface area contributed by atoms with Crippen LogP contribution in [0.15, 0.2) is 24.5 Å². The standard InChI is InChI=1S/C10H5F2N3O2/c11-8-1-5(2-9(12)15-8)6-3-7(10(16)17)14-4-13-6/h1-4H,(H,16,17). The number of aromatic carboxylic acids is 1. The second kappa shape index (κ2) is 4.20. The average molecular weight is 237 g/mol. The minimum absolute atomic E-state index is 0.0971. The summed E-state index contributed by atoms with van der Waals surface area (Å²) < 4.78 is 25.7. The topological polar surface area (TPSA) is 76.0 Å². The molecule has 17 heavy (non-hydrogen) atoms. The summed E-state index contributed by atoms with van der Waals surface area (Å²) in [6.45, 7) is 0. The summed E-state index contributed by atoms with van der Waals surface area (Å²) in [6.07, 6.45) is 1.01. The molecule has 0 aromatic carbocycles. The zero-order valence-corrected chi connectivity index (χ0v) is 8.26. The number of rotatable bonds is 2. The Morgan fingerprint density at radius 1 is 1.12 bits per heavy atom. The van der Waals surface area contributed by atoms with Crippen molar-refractivity contribution < 1.29 is 18.7 Å². The normalized spacial score (nSPS) is 10.2. The summed E-state index contributed by atoms with van der Waals surface area (Å²) in [4.78, 5) is 20.8. The van der Waals surface area contributed by atoms with E-state index in [1.807, 2.05) is 0 Å². The van der Waals surface area contributed by atoms with Crippen LogP contribution >= 0.6 is 0 Å². The maximum absolute atomic E-state index is 12.9. The van der Waals surface area contributed by atoms with Crippen molar-refractivity contribution in [3.8, 4) is 11.3 Å². The fourth-order valence-corrected chi connectivity index (χ4v) is 1.24. The highest BCUT2D eigenvalue weighted by Crippen LogP contribution is 2.18. The molecule has 0 saturated heterocycles. The number of pyridine rings is 1. The summed E-state index contributed by atoms with van der Waals surface area (Å²) in [5.41, 5.74) is -0.0508. The quantitative estimate of drug-likeness (QED) is 0.801. The maximum atomic E-state index is 12.9. The van der Waals surface area contributed by atoms with E-state index in [-0.39, 0.29) is 17.0 Å². The van der Waals surface area contributed by atoms with E-state index < -0.39 is 17.9 Å². The third-order valence-electron chi connectivity index (χ3n) is 1.94. The SMILES string of the molecule is O=C(O)c1cc(-c2cc(F)nc(F)c2)ncn1. The van der Waals surface area contributed by atoms with Crippen LogP contribution in [0.2, 0.25) is 0 Å². The molecule has 0 bridgehead atoms. The minimum atomic E-state index is -1.25. The highest BCUT2D eigenvalue weighted by Gasteiger charge is 2.10. The Balaban J connectivity index is 2.52. The van der Waals surface area contributed by atoms with Gasteiger partial charge in [-0.25, -0.2) is 14.8 Å².